The quantitative estimate of drug-likeness (QED) is 0.152. The summed E-state index contributed by atoms with van der Waals surface area (Å²) in [5.41, 5.74) is 13.0. The minimum absolute atomic E-state index is 0.265. The van der Waals surface area contributed by atoms with E-state index in [-0.39, 0.29) is 11.6 Å². The molecule has 0 saturated carbocycles. The lowest BCUT2D eigenvalue weighted by atomic mass is 9.81. The van der Waals surface area contributed by atoms with Crippen molar-refractivity contribution in [3.05, 3.63) is 206 Å². The van der Waals surface area contributed by atoms with Crippen molar-refractivity contribution in [2.75, 3.05) is 0 Å². The molecule has 0 spiro atoms. The first-order valence-corrected chi connectivity index (χ1v) is 18.2. The number of benzene rings is 10. The van der Waals surface area contributed by atoms with Crippen LogP contribution in [0.3, 0.4) is 0 Å². The summed E-state index contributed by atoms with van der Waals surface area (Å²) in [5, 5.41) is 6.77. The minimum Gasteiger partial charge on any atom is -0.207 e. The van der Waals surface area contributed by atoms with Gasteiger partial charge in [0.2, 0.25) is 0 Å². The Labute approximate surface area is 312 Å². The van der Waals surface area contributed by atoms with Gasteiger partial charge in [0.15, 0.2) is 0 Å². The van der Waals surface area contributed by atoms with Crippen molar-refractivity contribution in [1.82, 2.24) is 0 Å². The van der Waals surface area contributed by atoms with Crippen LogP contribution in [-0.2, 0) is 0 Å². The lowest BCUT2D eigenvalue weighted by molar-refractivity contribution is 0.627. The zero-order valence-corrected chi connectivity index (χ0v) is 29.2. The maximum absolute atomic E-state index is 14.3. The molecule has 0 aromatic heterocycles. The van der Waals surface area contributed by atoms with Crippen LogP contribution in [0.2, 0.25) is 0 Å². The molecule has 54 heavy (non-hydrogen) atoms. The predicted molar refractivity (Wildman–Crippen MR) is 223 cm³/mol. The molecule has 0 radical (unpaired) electrons. The van der Waals surface area contributed by atoms with E-state index in [4.69, 9.17) is 0 Å². The molecule has 0 aliphatic carbocycles. The van der Waals surface area contributed by atoms with Gasteiger partial charge >= 0.3 is 0 Å². The Morgan fingerprint density at radius 2 is 0.537 bits per heavy atom. The molecule has 10 rings (SSSR count). The summed E-state index contributed by atoms with van der Waals surface area (Å²) in [4.78, 5) is 0. The highest BCUT2D eigenvalue weighted by atomic mass is 19.1. The highest BCUT2D eigenvalue weighted by molar-refractivity contribution is 6.32. The highest BCUT2D eigenvalue weighted by Gasteiger charge is 2.21. The van der Waals surface area contributed by atoms with E-state index < -0.39 is 0 Å². The first-order chi connectivity index (χ1) is 26.6. The fourth-order valence-electron chi connectivity index (χ4n) is 8.20. The van der Waals surface area contributed by atoms with Gasteiger partial charge in [-0.3, -0.25) is 0 Å². The topological polar surface area (TPSA) is 0 Å². The number of rotatable bonds is 6. The van der Waals surface area contributed by atoms with Crippen molar-refractivity contribution in [2.45, 2.75) is 0 Å². The van der Waals surface area contributed by atoms with Crippen molar-refractivity contribution < 1.29 is 8.78 Å². The number of hydrogen-bond donors (Lipinski definition) is 0. The van der Waals surface area contributed by atoms with E-state index in [1.165, 1.54) is 24.3 Å². The minimum atomic E-state index is -0.265. The van der Waals surface area contributed by atoms with Crippen LogP contribution in [0.5, 0.6) is 0 Å². The van der Waals surface area contributed by atoms with Gasteiger partial charge in [-0.2, -0.15) is 0 Å². The molecule has 0 saturated heterocycles. The predicted octanol–water partition coefficient (Wildman–Crippen LogP) is 14.9. The molecular formula is C52H32F2. The Morgan fingerprint density at radius 1 is 0.222 bits per heavy atom. The second-order valence-corrected chi connectivity index (χ2v) is 13.9. The Kier molecular flexibility index (Phi) is 7.63. The van der Waals surface area contributed by atoms with E-state index in [0.717, 1.165) is 99.1 Å². The highest BCUT2D eigenvalue weighted by Crippen LogP contribution is 2.49. The smallest absolute Gasteiger partial charge is 0.123 e. The third-order valence-electron chi connectivity index (χ3n) is 10.8. The summed E-state index contributed by atoms with van der Waals surface area (Å²) in [5.74, 6) is -0.530. The summed E-state index contributed by atoms with van der Waals surface area (Å²) >= 11 is 0. The van der Waals surface area contributed by atoms with Crippen molar-refractivity contribution in [2.24, 2.45) is 0 Å². The van der Waals surface area contributed by atoms with Gasteiger partial charge in [0.05, 0.1) is 0 Å². The van der Waals surface area contributed by atoms with Crippen molar-refractivity contribution >= 4 is 32.3 Å². The van der Waals surface area contributed by atoms with E-state index in [0.29, 0.717) is 0 Å². The van der Waals surface area contributed by atoms with Gasteiger partial charge in [-0.25, -0.2) is 8.78 Å². The summed E-state index contributed by atoms with van der Waals surface area (Å²) in [6, 6.07) is 65.4. The van der Waals surface area contributed by atoms with Gasteiger partial charge in [-0.05, 0) is 148 Å². The van der Waals surface area contributed by atoms with Gasteiger partial charge in [-0.15, -0.1) is 0 Å². The van der Waals surface area contributed by atoms with Crippen LogP contribution < -0.4 is 0 Å². The summed E-state index contributed by atoms with van der Waals surface area (Å²) in [6.07, 6.45) is 0. The van der Waals surface area contributed by atoms with Crippen LogP contribution in [0.25, 0.3) is 99.1 Å². The molecule has 10 aromatic rings. The lowest BCUT2D eigenvalue weighted by Crippen LogP contribution is -1.95. The Balaban J connectivity index is 1.32. The van der Waals surface area contributed by atoms with E-state index in [9.17, 15) is 8.78 Å². The maximum Gasteiger partial charge on any atom is 0.123 e. The van der Waals surface area contributed by atoms with Gasteiger partial charge in [0.25, 0.3) is 0 Å². The molecule has 0 unspecified atom stereocenters. The molecule has 0 aliphatic heterocycles. The molecule has 0 atom stereocenters. The largest absolute Gasteiger partial charge is 0.207 e. The second kappa shape index (κ2) is 12.9. The third-order valence-corrected chi connectivity index (χ3v) is 10.8. The lowest BCUT2D eigenvalue weighted by Gasteiger charge is -2.22. The molecule has 0 heterocycles. The van der Waals surface area contributed by atoms with Crippen LogP contribution >= 0.6 is 0 Å². The van der Waals surface area contributed by atoms with E-state index in [2.05, 4.69) is 133 Å². The molecule has 0 bridgehead atoms. The number of hydrogen-bond acceptors (Lipinski definition) is 0. The van der Waals surface area contributed by atoms with Gasteiger partial charge in [0, 0.05) is 0 Å². The average Bonchev–Trinajstić information content (AvgIpc) is 3.24. The molecule has 0 amide bonds. The molecule has 0 aliphatic rings. The summed E-state index contributed by atoms with van der Waals surface area (Å²) < 4.78 is 28.7. The van der Waals surface area contributed by atoms with Crippen LogP contribution in [0.4, 0.5) is 8.78 Å². The molecule has 10 aromatic carbocycles. The summed E-state index contributed by atoms with van der Waals surface area (Å²) in [6.45, 7) is 0. The van der Waals surface area contributed by atoms with Crippen LogP contribution in [-0.4, -0.2) is 0 Å². The first kappa shape index (κ1) is 31.8. The standard InChI is InChI=1S/C52H32F2/c53-41-21-17-35(18-22-41)47-31-49(39-15-7-13-37(29-39)33-9-3-1-4-10-33)45-27-25-44-48(36-19-23-42(54)24-20-36)32-50(46-28-26-43(47)51(45)52(44)46)40-16-8-14-38(30-40)34-11-5-2-6-12-34/h1-32H. The molecular weight excluding hydrogens is 663 g/mol. The van der Waals surface area contributed by atoms with Crippen LogP contribution in [0.15, 0.2) is 194 Å². The molecule has 0 nitrogen and oxygen atoms in total. The fourth-order valence-corrected chi connectivity index (χ4v) is 8.20. The zero-order chi connectivity index (χ0) is 36.2. The van der Waals surface area contributed by atoms with Crippen molar-refractivity contribution in [3.63, 3.8) is 0 Å². The van der Waals surface area contributed by atoms with E-state index >= 15 is 0 Å². The van der Waals surface area contributed by atoms with Gasteiger partial charge in [-0.1, -0.05) is 146 Å². The van der Waals surface area contributed by atoms with E-state index in [1.807, 2.05) is 36.4 Å². The zero-order valence-electron chi connectivity index (χ0n) is 29.2. The Bertz CT molecular complexity index is 2760. The number of halogens is 2. The maximum atomic E-state index is 14.3. The van der Waals surface area contributed by atoms with Crippen molar-refractivity contribution in [3.8, 4) is 66.8 Å². The van der Waals surface area contributed by atoms with Crippen LogP contribution in [0.1, 0.15) is 0 Å². The monoisotopic (exact) mass is 694 g/mol. The van der Waals surface area contributed by atoms with E-state index in [1.54, 1.807) is 0 Å². The third kappa shape index (κ3) is 5.43. The summed E-state index contributed by atoms with van der Waals surface area (Å²) in [7, 11) is 0. The first-order valence-electron chi connectivity index (χ1n) is 18.2. The second-order valence-electron chi connectivity index (χ2n) is 13.9. The molecule has 0 fully saturated rings. The van der Waals surface area contributed by atoms with Crippen LogP contribution in [0, 0.1) is 11.6 Å². The molecule has 254 valence electrons. The van der Waals surface area contributed by atoms with Gasteiger partial charge in [0.1, 0.15) is 11.6 Å². The SMILES string of the molecule is Fc1ccc(-c2cc(-c3cccc(-c4ccccc4)c3)c3ccc4c(-c5ccc(F)cc5)cc(-c5cccc(-c6ccccc6)c5)c5ccc2c3c45)cc1. The van der Waals surface area contributed by atoms with Gasteiger partial charge < -0.3 is 0 Å². The Morgan fingerprint density at radius 3 is 0.907 bits per heavy atom. The Hall–Kier alpha value is -6.90. The normalized spacial score (nSPS) is 11.5. The average molecular weight is 695 g/mol. The fraction of sp³-hybridized carbons (Fsp3) is 0. The molecule has 0 N–H and O–H groups in total. The molecule has 2 heteroatoms. The van der Waals surface area contributed by atoms with Crippen molar-refractivity contribution in [1.29, 1.82) is 0 Å².